The molecule has 0 fully saturated rings. The Balaban J connectivity index is 1.86. The maximum atomic E-state index is 13.3. The zero-order valence-electron chi connectivity index (χ0n) is 19.5. The third kappa shape index (κ3) is 6.57. The van der Waals surface area contributed by atoms with Crippen LogP contribution in [0.5, 0.6) is 11.5 Å². The Morgan fingerprint density at radius 3 is 2.41 bits per heavy atom. The lowest BCUT2D eigenvalue weighted by Gasteiger charge is -2.24. The highest BCUT2D eigenvalue weighted by molar-refractivity contribution is 7.15. The van der Waals surface area contributed by atoms with Gasteiger partial charge in [0.25, 0.3) is 17.7 Å². The molecule has 0 aliphatic carbocycles. The van der Waals surface area contributed by atoms with Crippen LogP contribution in [0.4, 0.5) is 0 Å². The van der Waals surface area contributed by atoms with E-state index in [2.05, 4.69) is 10.7 Å². The van der Waals surface area contributed by atoms with Crippen molar-refractivity contribution in [3.63, 3.8) is 0 Å². The SMILES string of the molecule is COc1c(C(=O)N(N[C@@H](C)C(=O)O)C(=O)c2ccc(C(=O)NCc3cccc(O)c3)cc2Cl)csc1Cl. The number of hydrazine groups is 1. The fourth-order valence-corrected chi connectivity index (χ4v) is 4.44. The van der Waals surface area contributed by atoms with Gasteiger partial charge in [-0.1, -0.05) is 35.3 Å². The first-order valence-corrected chi connectivity index (χ1v) is 12.2. The summed E-state index contributed by atoms with van der Waals surface area (Å²) in [5.41, 5.74) is 2.95. The third-order valence-corrected chi connectivity index (χ3v) is 6.56. The number of rotatable bonds is 9. The standard InChI is InChI=1S/C24H21Cl2N3O7S/c1-12(24(34)35)28-29(23(33)17-11-37-20(26)19(17)36-2)22(32)16-7-6-14(9-18(16)25)21(31)27-10-13-4-3-5-15(30)8-13/h3-9,11-12,28,30H,10H2,1-2H3,(H,27,31)(H,34,35)/t12-/m0/s1. The van der Waals surface area contributed by atoms with Gasteiger partial charge in [-0.05, 0) is 42.8 Å². The molecule has 0 bridgehead atoms. The summed E-state index contributed by atoms with van der Waals surface area (Å²) in [6, 6.07) is 8.88. The van der Waals surface area contributed by atoms with Crippen LogP contribution in [0, 0.1) is 0 Å². The van der Waals surface area contributed by atoms with Crippen LogP contribution in [0.15, 0.2) is 47.8 Å². The number of halogens is 2. The number of methoxy groups -OCH3 is 1. The fraction of sp³-hybridized carbons (Fsp3) is 0.167. The van der Waals surface area contributed by atoms with Crippen LogP contribution in [-0.2, 0) is 11.3 Å². The van der Waals surface area contributed by atoms with E-state index in [0.29, 0.717) is 10.6 Å². The zero-order chi connectivity index (χ0) is 27.3. The van der Waals surface area contributed by atoms with Gasteiger partial charge in [-0.3, -0.25) is 19.2 Å². The number of carboxylic acids is 1. The zero-order valence-corrected chi connectivity index (χ0v) is 21.8. The van der Waals surface area contributed by atoms with E-state index in [9.17, 15) is 29.4 Å². The first-order chi connectivity index (χ1) is 17.5. The number of imide groups is 1. The summed E-state index contributed by atoms with van der Waals surface area (Å²) in [4.78, 5) is 50.6. The van der Waals surface area contributed by atoms with Crippen molar-refractivity contribution in [1.82, 2.24) is 15.8 Å². The van der Waals surface area contributed by atoms with E-state index >= 15 is 0 Å². The lowest BCUT2D eigenvalue weighted by atomic mass is 10.1. The van der Waals surface area contributed by atoms with E-state index in [0.717, 1.165) is 11.3 Å². The predicted octanol–water partition coefficient (Wildman–Crippen LogP) is 3.96. The second kappa shape index (κ2) is 12.1. The summed E-state index contributed by atoms with van der Waals surface area (Å²) in [5.74, 6) is -3.59. The van der Waals surface area contributed by atoms with Crippen LogP contribution < -0.4 is 15.5 Å². The van der Waals surface area contributed by atoms with Gasteiger partial charge >= 0.3 is 5.97 Å². The number of aliphatic carboxylic acids is 1. The Hall–Kier alpha value is -3.64. The van der Waals surface area contributed by atoms with Gasteiger partial charge in [0.1, 0.15) is 16.1 Å². The number of hydrogen-bond acceptors (Lipinski definition) is 8. The van der Waals surface area contributed by atoms with Crippen molar-refractivity contribution in [2.24, 2.45) is 0 Å². The van der Waals surface area contributed by atoms with Crippen molar-refractivity contribution in [2.45, 2.75) is 19.5 Å². The summed E-state index contributed by atoms with van der Waals surface area (Å²) in [7, 11) is 1.30. The highest BCUT2D eigenvalue weighted by Gasteiger charge is 2.32. The number of benzene rings is 2. The average Bonchev–Trinajstić information content (AvgIpc) is 3.25. The van der Waals surface area contributed by atoms with Crippen LogP contribution in [-0.4, -0.2) is 52.1 Å². The Labute approximate surface area is 225 Å². The smallest absolute Gasteiger partial charge is 0.322 e. The van der Waals surface area contributed by atoms with Crippen LogP contribution in [0.1, 0.15) is 43.6 Å². The molecule has 0 unspecified atom stereocenters. The van der Waals surface area contributed by atoms with E-state index in [1.54, 1.807) is 12.1 Å². The molecule has 0 saturated heterocycles. The molecule has 13 heteroatoms. The number of nitrogens with one attached hydrogen (secondary N) is 2. The number of phenolic OH excluding ortho intramolecular Hbond substituents is 1. The fourth-order valence-electron chi connectivity index (χ4n) is 3.14. The molecule has 0 aliphatic rings. The lowest BCUT2D eigenvalue weighted by Crippen LogP contribution is -2.53. The number of phenols is 1. The molecular weight excluding hydrogens is 545 g/mol. The number of amides is 3. The molecule has 1 aromatic heterocycles. The number of nitrogens with zero attached hydrogens (tertiary/aromatic N) is 1. The van der Waals surface area contributed by atoms with Crippen LogP contribution >= 0.6 is 34.5 Å². The molecule has 4 N–H and O–H groups in total. The highest BCUT2D eigenvalue weighted by atomic mass is 35.5. The second-order valence-electron chi connectivity index (χ2n) is 7.64. The van der Waals surface area contributed by atoms with E-state index in [-0.39, 0.29) is 44.1 Å². The molecule has 1 atom stereocenters. The molecule has 2 aromatic carbocycles. The maximum absolute atomic E-state index is 13.3. The van der Waals surface area contributed by atoms with E-state index in [1.807, 2.05) is 0 Å². The Kier molecular flexibility index (Phi) is 9.11. The van der Waals surface area contributed by atoms with Crippen molar-refractivity contribution >= 4 is 58.2 Å². The van der Waals surface area contributed by atoms with Crippen molar-refractivity contribution in [3.05, 3.63) is 79.5 Å². The molecular formula is C24H21Cl2N3O7S. The van der Waals surface area contributed by atoms with E-state index < -0.39 is 29.7 Å². The summed E-state index contributed by atoms with van der Waals surface area (Å²) >= 11 is 13.3. The van der Waals surface area contributed by atoms with Gasteiger partial charge in [-0.2, -0.15) is 0 Å². The van der Waals surface area contributed by atoms with Gasteiger partial charge in [0, 0.05) is 17.5 Å². The Morgan fingerprint density at radius 1 is 1.08 bits per heavy atom. The topological polar surface area (TPSA) is 145 Å². The van der Waals surface area contributed by atoms with Crippen molar-refractivity contribution in [2.75, 3.05) is 7.11 Å². The molecule has 0 radical (unpaired) electrons. The molecule has 194 valence electrons. The van der Waals surface area contributed by atoms with Gasteiger partial charge in [-0.15, -0.1) is 11.3 Å². The minimum Gasteiger partial charge on any atom is -0.508 e. The third-order valence-electron chi connectivity index (χ3n) is 5.06. The molecule has 37 heavy (non-hydrogen) atoms. The average molecular weight is 566 g/mol. The Morgan fingerprint density at radius 2 is 1.78 bits per heavy atom. The number of hydrogen-bond donors (Lipinski definition) is 4. The lowest BCUT2D eigenvalue weighted by molar-refractivity contribution is -0.139. The van der Waals surface area contributed by atoms with Crippen molar-refractivity contribution < 1.29 is 34.1 Å². The van der Waals surface area contributed by atoms with Crippen LogP contribution in [0.3, 0.4) is 0 Å². The molecule has 0 saturated carbocycles. The summed E-state index contributed by atoms with van der Waals surface area (Å²) < 4.78 is 5.31. The number of carbonyl (C=O) groups is 4. The first kappa shape index (κ1) is 27.9. The number of thiophene rings is 1. The second-order valence-corrected chi connectivity index (χ2v) is 9.53. The number of carbonyl (C=O) groups excluding carboxylic acids is 3. The number of aromatic hydroxyl groups is 1. The molecule has 1 heterocycles. The maximum Gasteiger partial charge on any atom is 0.322 e. The van der Waals surface area contributed by atoms with Gasteiger partial charge < -0.3 is 20.3 Å². The Bertz CT molecular complexity index is 1360. The molecule has 3 rings (SSSR count). The number of ether oxygens (including phenoxy) is 1. The molecule has 0 aliphatic heterocycles. The van der Waals surface area contributed by atoms with Crippen LogP contribution in [0.2, 0.25) is 9.36 Å². The molecule has 3 aromatic rings. The van der Waals surface area contributed by atoms with Crippen molar-refractivity contribution in [1.29, 1.82) is 0 Å². The van der Waals surface area contributed by atoms with Gasteiger partial charge in [0.05, 0.1) is 23.3 Å². The molecule has 3 amide bonds. The van der Waals surface area contributed by atoms with Gasteiger partial charge in [-0.25, -0.2) is 10.4 Å². The highest BCUT2D eigenvalue weighted by Crippen LogP contribution is 2.36. The minimum absolute atomic E-state index is 0.0316. The largest absolute Gasteiger partial charge is 0.508 e. The van der Waals surface area contributed by atoms with E-state index in [4.69, 9.17) is 27.9 Å². The minimum atomic E-state index is -1.32. The monoisotopic (exact) mass is 565 g/mol. The summed E-state index contributed by atoms with van der Waals surface area (Å²) in [6.45, 7) is 1.38. The number of carboxylic acid groups (broad SMARTS) is 1. The summed E-state index contributed by atoms with van der Waals surface area (Å²) in [5, 5.41) is 23.3. The summed E-state index contributed by atoms with van der Waals surface area (Å²) in [6.07, 6.45) is 0. The van der Waals surface area contributed by atoms with Gasteiger partial charge in [0.2, 0.25) is 0 Å². The first-order valence-electron chi connectivity index (χ1n) is 10.6. The molecule has 10 nitrogen and oxygen atoms in total. The van der Waals surface area contributed by atoms with Crippen molar-refractivity contribution in [3.8, 4) is 11.5 Å². The van der Waals surface area contributed by atoms with Crippen LogP contribution in [0.25, 0.3) is 0 Å². The molecule has 0 spiro atoms. The predicted molar refractivity (Wildman–Crippen MR) is 137 cm³/mol. The van der Waals surface area contributed by atoms with E-state index in [1.165, 1.54) is 49.7 Å². The van der Waals surface area contributed by atoms with Gasteiger partial charge in [0.15, 0.2) is 5.75 Å². The quantitative estimate of drug-likeness (QED) is 0.225. The normalized spacial score (nSPS) is 11.5.